The van der Waals surface area contributed by atoms with Crippen molar-refractivity contribution in [1.29, 1.82) is 0 Å². The van der Waals surface area contributed by atoms with Crippen LogP contribution in [0.25, 0.3) is 0 Å². The molecule has 1 atom stereocenters. The Morgan fingerprint density at radius 3 is 2.20 bits per heavy atom. The molecule has 3 amide bonds. The highest BCUT2D eigenvalue weighted by Gasteiger charge is 2.13. The molecule has 2 rings (SSSR count). The van der Waals surface area contributed by atoms with Gasteiger partial charge >= 0.3 is 0 Å². The summed E-state index contributed by atoms with van der Waals surface area (Å²) in [7, 11) is 0. The zero-order chi connectivity index (χ0) is 18.2. The molecule has 0 aromatic heterocycles. The molecule has 6 nitrogen and oxygen atoms in total. The van der Waals surface area contributed by atoms with Crippen LogP contribution < -0.4 is 16.0 Å². The third-order valence-corrected chi connectivity index (χ3v) is 3.37. The number of anilines is 2. The normalized spacial score (nSPS) is 11.3. The molecular formula is C19H21N3O3. The van der Waals surface area contributed by atoms with E-state index in [2.05, 4.69) is 16.0 Å². The van der Waals surface area contributed by atoms with Crippen molar-refractivity contribution in [1.82, 2.24) is 5.32 Å². The zero-order valence-electron chi connectivity index (χ0n) is 14.2. The molecule has 0 saturated carbocycles. The molecule has 0 radical (unpaired) electrons. The lowest BCUT2D eigenvalue weighted by Crippen LogP contribution is -2.35. The molecule has 25 heavy (non-hydrogen) atoms. The lowest BCUT2D eigenvalue weighted by Gasteiger charge is -2.14. The Bertz CT molecular complexity index is 760. The molecule has 0 saturated heterocycles. The molecule has 0 aliphatic carbocycles. The Balaban J connectivity index is 1.87. The van der Waals surface area contributed by atoms with Crippen LogP contribution in [0.1, 0.15) is 30.6 Å². The van der Waals surface area contributed by atoms with Gasteiger partial charge in [-0.3, -0.25) is 14.4 Å². The number of nitrogens with one attached hydrogen (secondary N) is 3. The van der Waals surface area contributed by atoms with Crippen molar-refractivity contribution >= 4 is 29.1 Å². The molecule has 0 spiro atoms. The summed E-state index contributed by atoms with van der Waals surface area (Å²) in [6.45, 7) is 3.19. The summed E-state index contributed by atoms with van der Waals surface area (Å²) in [5.74, 6) is -0.616. The van der Waals surface area contributed by atoms with Gasteiger partial charge in [0.05, 0.1) is 0 Å². The van der Waals surface area contributed by atoms with Crippen molar-refractivity contribution in [2.75, 3.05) is 10.6 Å². The number of rotatable bonds is 6. The SMILES string of the molecule is CC(=O)Nc1cccc(NC(=O)CC(C)NC(=O)c2ccccc2)c1. The van der Waals surface area contributed by atoms with Crippen LogP contribution in [-0.2, 0) is 9.59 Å². The highest BCUT2D eigenvalue weighted by atomic mass is 16.2. The lowest BCUT2D eigenvalue weighted by atomic mass is 10.1. The lowest BCUT2D eigenvalue weighted by molar-refractivity contribution is -0.116. The monoisotopic (exact) mass is 339 g/mol. The van der Waals surface area contributed by atoms with Crippen LogP contribution in [0.2, 0.25) is 0 Å². The number of hydrogen-bond acceptors (Lipinski definition) is 3. The first-order valence-corrected chi connectivity index (χ1v) is 7.97. The van der Waals surface area contributed by atoms with E-state index in [0.717, 1.165) is 0 Å². The molecule has 6 heteroatoms. The van der Waals surface area contributed by atoms with Crippen LogP contribution in [0.3, 0.4) is 0 Å². The molecule has 0 aliphatic rings. The first-order valence-electron chi connectivity index (χ1n) is 7.97. The molecule has 0 aliphatic heterocycles. The van der Waals surface area contributed by atoms with Crippen molar-refractivity contribution in [2.45, 2.75) is 26.3 Å². The van der Waals surface area contributed by atoms with Crippen molar-refractivity contribution in [3.8, 4) is 0 Å². The van der Waals surface area contributed by atoms with Crippen LogP contribution in [0, 0.1) is 0 Å². The fraction of sp³-hybridized carbons (Fsp3) is 0.211. The number of amides is 3. The van der Waals surface area contributed by atoms with Crippen LogP contribution in [0.4, 0.5) is 11.4 Å². The average molecular weight is 339 g/mol. The Kier molecular flexibility index (Phi) is 6.28. The molecular weight excluding hydrogens is 318 g/mol. The van der Waals surface area contributed by atoms with Crippen LogP contribution in [-0.4, -0.2) is 23.8 Å². The van der Waals surface area contributed by atoms with Gasteiger partial charge in [0.15, 0.2) is 0 Å². The van der Waals surface area contributed by atoms with Crippen molar-refractivity contribution < 1.29 is 14.4 Å². The average Bonchev–Trinajstić information content (AvgIpc) is 2.55. The van der Waals surface area contributed by atoms with Gasteiger partial charge in [0.25, 0.3) is 5.91 Å². The van der Waals surface area contributed by atoms with Gasteiger partial charge in [-0.2, -0.15) is 0 Å². The van der Waals surface area contributed by atoms with Crippen LogP contribution >= 0.6 is 0 Å². The first kappa shape index (κ1) is 18.2. The molecule has 2 aromatic carbocycles. The summed E-state index contributed by atoms with van der Waals surface area (Å²) in [5.41, 5.74) is 1.74. The van der Waals surface area contributed by atoms with E-state index in [9.17, 15) is 14.4 Å². The van der Waals surface area contributed by atoms with Crippen molar-refractivity contribution in [3.05, 3.63) is 60.2 Å². The molecule has 1 unspecified atom stereocenters. The zero-order valence-corrected chi connectivity index (χ0v) is 14.2. The maximum absolute atomic E-state index is 12.1. The van der Waals surface area contributed by atoms with E-state index in [1.165, 1.54) is 6.92 Å². The van der Waals surface area contributed by atoms with E-state index in [1.807, 2.05) is 6.07 Å². The van der Waals surface area contributed by atoms with Gasteiger partial charge in [0, 0.05) is 36.3 Å². The molecule has 0 bridgehead atoms. The van der Waals surface area contributed by atoms with E-state index < -0.39 is 0 Å². The summed E-state index contributed by atoms with van der Waals surface area (Å²) in [6, 6.07) is 15.4. The predicted molar refractivity (Wildman–Crippen MR) is 97.4 cm³/mol. The van der Waals surface area contributed by atoms with Gasteiger partial charge in [-0.1, -0.05) is 24.3 Å². The standard InChI is InChI=1S/C19H21N3O3/c1-13(20-19(25)15-7-4-3-5-8-15)11-18(24)22-17-10-6-9-16(12-17)21-14(2)23/h3-10,12-13H,11H2,1-2H3,(H,20,25)(H,21,23)(H,22,24). The summed E-state index contributed by atoms with van der Waals surface area (Å²) >= 11 is 0. The highest BCUT2D eigenvalue weighted by Crippen LogP contribution is 2.15. The summed E-state index contributed by atoms with van der Waals surface area (Å²) in [5, 5.41) is 8.21. The van der Waals surface area contributed by atoms with Gasteiger partial charge in [0.2, 0.25) is 11.8 Å². The third kappa shape index (κ3) is 6.10. The van der Waals surface area contributed by atoms with Gasteiger partial charge in [-0.15, -0.1) is 0 Å². The predicted octanol–water partition coefficient (Wildman–Crippen LogP) is 2.79. The molecule has 0 fully saturated rings. The van der Waals surface area contributed by atoms with Gasteiger partial charge in [-0.05, 0) is 37.3 Å². The minimum atomic E-state index is -0.314. The van der Waals surface area contributed by atoms with Gasteiger partial charge in [-0.25, -0.2) is 0 Å². The Labute approximate surface area is 146 Å². The van der Waals surface area contributed by atoms with Gasteiger partial charge in [0.1, 0.15) is 0 Å². The Morgan fingerprint density at radius 1 is 0.920 bits per heavy atom. The number of hydrogen-bond donors (Lipinski definition) is 3. The van der Waals surface area contributed by atoms with Crippen LogP contribution in [0.5, 0.6) is 0 Å². The van der Waals surface area contributed by atoms with E-state index in [1.54, 1.807) is 55.5 Å². The molecule has 0 heterocycles. The fourth-order valence-corrected chi connectivity index (χ4v) is 2.32. The molecule has 3 N–H and O–H groups in total. The van der Waals surface area contributed by atoms with E-state index in [-0.39, 0.29) is 30.2 Å². The number of carbonyl (C=O) groups excluding carboxylic acids is 3. The summed E-state index contributed by atoms with van der Waals surface area (Å²) in [6.07, 6.45) is 0.142. The maximum Gasteiger partial charge on any atom is 0.251 e. The van der Waals surface area contributed by atoms with Gasteiger partial charge < -0.3 is 16.0 Å². The van der Waals surface area contributed by atoms with E-state index in [0.29, 0.717) is 16.9 Å². The van der Waals surface area contributed by atoms with Crippen LogP contribution in [0.15, 0.2) is 54.6 Å². The third-order valence-electron chi connectivity index (χ3n) is 3.37. The van der Waals surface area contributed by atoms with E-state index in [4.69, 9.17) is 0 Å². The minimum Gasteiger partial charge on any atom is -0.349 e. The van der Waals surface area contributed by atoms with Crippen molar-refractivity contribution in [3.63, 3.8) is 0 Å². The Hall–Kier alpha value is -3.15. The van der Waals surface area contributed by atoms with Crippen molar-refractivity contribution in [2.24, 2.45) is 0 Å². The first-order chi connectivity index (χ1) is 11.9. The number of benzene rings is 2. The second-order valence-electron chi connectivity index (χ2n) is 5.75. The Morgan fingerprint density at radius 2 is 1.56 bits per heavy atom. The fourth-order valence-electron chi connectivity index (χ4n) is 2.32. The smallest absolute Gasteiger partial charge is 0.251 e. The minimum absolute atomic E-state index is 0.142. The molecule has 130 valence electrons. The number of carbonyl (C=O) groups is 3. The maximum atomic E-state index is 12.1. The largest absolute Gasteiger partial charge is 0.349 e. The van der Waals surface area contributed by atoms with E-state index >= 15 is 0 Å². The quantitative estimate of drug-likeness (QED) is 0.756. The summed E-state index contributed by atoms with van der Waals surface area (Å²) in [4.78, 5) is 35.3. The topological polar surface area (TPSA) is 87.3 Å². The second kappa shape index (κ2) is 8.63. The summed E-state index contributed by atoms with van der Waals surface area (Å²) < 4.78 is 0. The highest BCUT2D eigenvalue weighted by molar-refractivity contribution is 5.96. The molecule has 2 aromatic rings. The second-order valence-corrected chi connectivity index (χ2v) is 5.75.